The van der Waals surface area contributed by atoms with Crippen molar-refractivity contribution in [1.29, 1.82) is 0 Å². The zero-order valence-electron chi connectivity index (χ0n) is 12.8. The van der Waals surface area contributed by atoms with Crippen molar-refractivity contribution in [2.45, 2.75) is 13.8 Å². The summed E-state index contributed by atoms with van der Waals surface area (Å²) in [6.07, 6.45) is 0. The maximum Gasteiger partial charge on any atom is 0.314 e. The van der Waals surface area contributed by atoms with Crippen LogP contribution in [0.2, 0.25) is 0 Å². The molecule has 0 spiro atoms. The second-order valence-electron chi connectivity index (χ2n) is 5.02. The molecule has 0 aliphatic rings. The lowest BCUT2D eigenvalue weighted by molar-refractivity contribution is -0.133. The summed E-state index contributed by atoms with van der Waals surface area (Å²) in [5, 5.41) is 5.12. The highest BCUT2D eigenvalue weighted by Crippen LogP contribution is 2.17. The van der Waals surface area contributed by atoms with Crippen molar-refractivity contribution in [3.63, 3.8) is 0 Å². The maximum absolute atomic E-state index is 11.9. The van der Waals surface area contributed by atoms with Gasteiger partial charge in [0.05, 0.1) is 7.11 Å². The molecule has 5 heteroatoms. The molecule has 0 radical (unpaired) electrons. The summed E-state index contributed by atoms with van der Waals surface area (Å²) < 4.78 is 5.07. The Hall–Kier alpha value is -2.82. The molecule has 0 bridgehead atoms. The van der Waals surface area contributed by atoms with Gasteiger partial charge in [0.15, 0.2) is 0 Å². The Morgan fingerprint density at radius 2 is 1.45 bits per heavy atom. The molecule has 0 fully saturated rings. The molecule has 0 aliphatic heterocycles. The maximum atomic E-state index is 11.9. The predicted molar refractivity (Wildman–Crippen MR) is 86.2 cm³/mol. The molecule has 114 valence electrons. The Morgan fingerprint density at radius 3 is 2.05 bits per heavy atom. The lowest BCUT2D eigenvalue weighted by atomic mass is 10.1. The number of rotatable bonds is 3. The minimum Gasteiger partial charge on any atom is -0.497 e. The fourth-order valence-corrected chi connectivity index (χ4v) is 2.12. The van der Waals surface area contributed by atoms with Gasteiger partial charge in [0.1, 0.15) is 5.75 Å². The van der Waals surface area contributed by atoms with E-state index < -0.39 is 11.8 Å². The van der Waals surface area contributed by atoms with Crippen molar-refractivity contribution < 1.29 is 14.3 Å². The molecule has 0 atom stereocenters. The third-order valence-electron chi connectivity index (χ3n) is 3.01. The van der Waals surface area contributed by atoms with Crippen LogP contribution in [0.3, 0.4) is 0 Å². The normalized spacial score (nSPS) is 9.95. The number of amides is 2. The molecule has 2 aromatic carbocycles. The van der Waals surface area contributed by atoms with Crippen LogP contribution in [0.4, 0.5) is 11.4 Å². The van der Waals surface area contributed by atoms with E-state index in [9.17, 15) is 9.59 Å². The number of anilines is 2. The SMILES string of the molecule is COc1cccc(NC(=O)C(=O)Nc2cc(C)cc(C)c2)c1. The minimum absolute atomic E-state index is 0.500. The molecule has 0 aromatic heterocycles. The summed E-state index contributed by atoms with van der Waals surface area (Å²) in [5.74, 6) is -0.840. The highest BCUT2D eigenvalue weighted by atomic mass is 16.5. The highest BCUT2D eigenvalue weighted by molar-refractivity contribution is 6.43. The number of methoxy groups -OCH3 is 1. The lowest BCUT2D eigenvalue weighted by Gasteiger charge is -2.09. The average Bonchev–Trinajstić information content (AvgIpc) is 2.46. The van der Waals surface area contributed by atoms with Gasteiger partial charge in [-0.3, -0.25) is 9.59 Å². The summed E-state index contributed by atoms with van der Waals surface area (Å²) in [4.78, 5) is 23.9. The van der Waals surface area contributed by atoms with Crippen LogP contribution >= 0.6 is 0 Å². The Balaban J connectivity index is 2.04. The van der Waals surface area contributed by atoms with Crippen molar-refractivity contribution in [1.82, 2.24) is 0 Å². The van der Waals surface area contributed by atoms with Crippen LogP contribution in [0.5, 0.6) is 5.75 Å². The zero-order chi connectivity index (χ0) is 16.1. The molecular weight excluding hydrogens is 280 g/mol. The molecule has 0 saturated carbocycles. The largest absolute Gasteiger partial charge is 0.497 e. The van der Waals surface area contributed by atoms with Gasteiger partial charge in [0.25, 0.3) is 0 Å². The monoisotopic (exact) mass is 298 g/mol. The van der Waals surface area contributed by atoms with Gasteiger partial charge >= 0.3 is 11.8 Å². The van der Waals surface area contributed by atoms with E-state index in [-0.39, 0.29) is 0 Å². The summed E-state index contributed by atoms with van der Waals surface area (Å²) in [6.45, 7) is 3.86. The first-order valence-electron chi connectivity index (χ1n) is 6.82. The molecular formula is C17H18N2O3. The van der Waals surface area contributed by atoms with E-state index in [0.29, 0.717) is 17.1 Å². The Kier molecular flexibility index (Phi) is 4.78. The van der Waals surface area contributed by atoms with Gasteiger partial charge in [-0.25, -0.2) is 0 Å². The van der Waals surface area contributed by atoms with Crippen molar-refractivity contribution in [2.24, 2.45) is 0 Å². The Labute approximate surface area is 129 Å². The van der Waals surface area contributed by atoms with Crippen LogP contribution in [0.1, 0.15) is 11.1 Å². The number of aryl methyl sites for hydroxylation is 2. The molecule has 0 aliphatic carbocycles. The van der Waals surface area contributed by atoms with Crippen molar-refractivity contribution in [2.75, 3.05) is 17.7 Å². The number of ether oxygens (including phenoxy) is 1. The van der Waals surface area contributed by atoms with Crippen LogP contribution in [0.15, 0.2) is 42.5 Å². The van der Waals surface area contributed by atoms with Crippen LogP contribution < -0.4 is 15.4 Å². The number of hydrogen-bond acceptors (Lipinski definition) is 3. The fraction of sp³-hybridized carbons (Fsp3) is 0.176. The number of carbonyl (C=O) groups excluding carboxylic acids is 2. The van der Waals surface area contributed by atoms with Gasteiger partial charge in [-0.1, -0.05) is 12.1 Å². The van der Waals surface area contributed by atoms with Gasteiger partial charge in [-0.15, -0.1) is 0 Å². The topological polar surface area (TPSA) is 67.4 Å². The first-order valence-corrected chi connectivity index (χ1v) is 6.82. The van der Waals surface area contributed by atoms with E-state index in [0.717, 1.165) is 11.1 Å². The molecule has 2 aromatic rings. The molecule has 0 unspecified atom stereocenters. The van der Waals surface area contributed by atoms with Gasteiger partial charge in [-0.05, 0) is 49.2 Å². The first kappa shape index (κ1) is 15.6. The van der Waals surface area contributed by atoms with E-state index in [1.807, 2.05) is 32.0 Å². The smallest absolute Gasteiger partial charge is 0.314 e. The van der Waals surface area contributed by atoms with Gasteiger partial charge < -0.3 is 15.4 Å². The quantitative estimate of drug-likeness (QED) is 0.856. The predicted octanol–water partition coefficient (Wildman–Crippen LogP) is 2.89. The molecule has 5 nitrogen and oxygen atoms in total. The summed E-state index contributed by atoms with van der Waals surface area (Å²) in [5.41, 5.74) is 3.13. The van der Waals surface area contributed by atoms with E-state index in [1.165, 1.54) is 7.11 Å². The molecule has 2 N–H and O–H groups in total. The minimum atomic E-state index is -0.729. The molecule has 22 heavy (non-hydrogen) atoms. The summed E-state index contributed by atoms with van der Waals surface area (Å²) >= 11 is 0. The van der Waals surface area contributed by atoms with Crippen molar-refractivity contribution >= 4 is 23.2 Å². The average molecular weight is 298 g/mol. The first-order chi connectivity index (χ1) is 10.5. The number of nitrogens with one attached hydrogen (secondary N) is 2. The van der Waals surface area contributed by atoms with Crippen LogP contribution in [0, 0.1) is 13.8 Å². The van der Waals surface area contributed by atoms with Gasteiger partial charge in [-0.2, -0.15) is 0 Å². The molecule has 0 saturated heterocycles. The summed E-state index contributed by atoms with van der Waals surface area (Å²) in [7, 11) is 1.54. The third-order valence-corrected chi connectivity index (χ3v) is 3.01. The van der Waals surface area contributed by atoms with E-state index >= 15 is 0 Å². The van der Waals surface area contributed by atoms with Gasteiger partial charge in [0, 0.05) is 17.4 Å². The standard InChI is InChI=1S/C17H18N2O3/c1-11-7-12(2)9-14(8-11)19-17(21)16(20)18-13-5-4-6-15(10-13)22-3/h4-10H,1-3H3,(H,18,20)(H,19,21). The van der Waals surface area contributed by atoms with E-state index in [1.54, 1.807) is 24.3 Å². The lowest BCUT2D eigenvalue weighted by Crippen LogP contribution is -2.29. The molecule has 2 amide bonds. The number of benzene rings is 2. The van der Waals surface area contributed by atoms with E-state index in [2.05, 4.69) is 10.6 Å². The van der Waals surface area contributed by atoms with Crippen molar-refractivity contribution in [3.05, 3.63) is 53.6 Å². The third kappa shape index (κ3) is 4.09. The van der Waals surface area contributed by atoms with Crippen LogP contribution in [-0.2, 0) is 9.59 Å². The van der Waals surface area contributed by atoms with Crippen LogP contribution in [0.25, 0.3) is 0 Å². The number of carbonyl (C=O) groups is 2. The Bertz CT molecular complexity index is 691. The number of hydrogen-bond donors (Lipinski definition) is 2. The van der Waals surface area contributed by atoms with Crippen molar-refractivity contribution in [3.8, 4) is 5.75 Å². The second-order valence-corrected chi connectivity index (χ2v) is 5.02. The van der Waals surface area contributed by atoms with Crippen LogP contribution in [-0.4, -0.2) is 18.9 Å². The summed E-state index contributed by atoms with van der Waals surface area (Å²) in [6, 6.07) is 12.4. The highest BCUT2D eigenvalue weighted by Gasteiger charge is 2.14. The van der Waals surface area contributed by atoms with Gasteiger partial charge in [0.2, 0.25) is 0 Å². The van der Waals surface area contributed by atoms with E-state index in [4.69, 9.17) is 4.74 Å². The fourth-order valence-electron chi connectivity index (χ4n) is 2.12. The zero-order valence-corrected chi connectivity index (χ0v) is 12.8. The molecule has 0 heterocycles. The Morgan fingerprint density at radius 1 is 0.864 bits per heavy atom. The molecule has 2 rings (SSSR count). The second kappa shape index (κ2) is 6.76.